The number of fused-ring (bicyclic) bond motifs is 2. The maximum atomic E-state index is 13.4. The van der Waals surface area contributed by atoms with Crippen LogP contribution in [0.1, 0.15) is 39.5 Å². The average Bonchev–Trinajstić information content (AvgIpc) is 3.74. The molecule has 2 N–H and O–H groups in total. The highest BCUT2D eigenvalue weighted by Crippen LogP contribution is 2.75. The van der Waals surface area contributed by atoms with E-state index in [9.17, 15) is 18.0 Å². The Morgan fingerprint density at radius 1 is 1.14 bits per heavy atom. The van der Waals surface area contributed by atoms with Gasteiger partial charge in [0.05, 0.1) is 15.8 Å². The van der Waals surface area contributed by atoms with Crippen LogP contribution in [0.25, 0.3) is 10.9 Å². The molecule has 6 rings (SSSR count). The Bertz CT molecular complexity index is 1410. The molecular weight excluding hydrogens is 492 g/mol. The van der Waals surface area contributed by atoms with Crippen LogP contribution >= 0.6 is 0 Å². The number of aromatic nitrogens is 1. The van der Waals surface area contributed by atoms with Gasteiger partial charge in [-0.3, -0.25) is 4.79 Å². The molecule has 2 aromatic rings. The summed E-state index contributed by atoms with van der Waals surface area (Å²) in [6.07, 6.45) is 3.51. The van der Waals surface area contributed by atoms with Crippen LogP contribution in [0.5, 0.6) is 0 Å². The molecule has 0 unspecified atom stereocenters. The largest absolute Gasteiger partial charge is 0.367 e. The van der Waals surface area contributed by atoms with Gasteiger partial charge in [0.25, 0.3) is 0 Å². The zero-order valence-corrected chi connectivity index (χ0v) is 22.6. The number of hydrogen-bond donors (Lipinski definition) is 2. The van der Waals surface area contributed by atoms with Crippen molar-refractivity contribution in [3.8, 4) is 0 Å². The van der Waals surface area contributed by atoms with Crippen molar-refractivity contribution >= 4 is 44.4 Å². The Labute approximate surface area is 217 Å². The number of amides is 3. The second-order valence-corrected chi connectivity index (χ2v) is 13.4. The van der Waals surface area contributed by atoms with Crippen LogP contribution in [0.2, 0.25) is 0 Å². The molecule has 2 heterocycles. The van der Waals surface area contributed by atoms with E-state index in [-0.39, 0.29) is 28.3 Å². The average molecular weight is 527 g/mol. The van der Waals surface area contributed by atoms with Crippen molar-refractivity contribution in [2.75, 3.05) is 43.9 Å². The number of anilines is 2. The highest BCUT2D eigenvalue weighted by atomic mass is 32.2. The number of sulfonamides is 1. The minimum absolute atomic E-state index is 0.00665. The maximum Gasteiger partial charge on any atom is 0.319 e. The summed E-state index contributed by atoms with van der Waals surface area (Å²) in [7, 11) is -0.293. The van der Waals surface area contributed by atoms with Gasteiger partial charge < -0.3 is 20.0 Å². The van der Waals surface area contributed by atoms with Gasteiger partial charge in [0.1, 0.15) is 5.82 Å². The van der Waals surface area contributed by atoms with Crippen molar-refractivity contribution in [3.05, 3.63) is 24.3 Å². The van der Waals surface area contributed by atoms with Crippen molar-refractivity contribution < 1.29 is 18.0 Å². The Morgan fingerprint density at radius 2 is 1.84 bits per heavy atom. The summed E-state index contributed by atoms with van der Waals surface area (Å²) >= 11 is 0. The number of urea groups is 1. The molecule has 3 amide bonds. The van der Waals surface area contributed by atoms with Gasteiger partial charge in [0.15, 0.2) is 0 Å². The van der Waals surface area contributed by atoms with E-state index in [2.05, 4.69) is 19.9 Å². The number of carbonyl (C=O) groups is 2. The predicted octanol–water partition coefficient (Wildman–Crippen LogP) is 2.61. The molecule has 1 atom stereocenters. The maximum absolute atomic E-state index is 13.4. The minimum atomic E-state index is -3.77. The summed E-state index contributed by atoms with van der Waals surface area (Å²) < 4.78 is 29.6. The summed E-state index contributed by atoms with van der Waals surface area (Å²) in [6, 6.07) is 6.89. The number of nitrogens with zero attached hydrogens (tertiary/aromatic N) is 4. The standard InChI is InChI=1S/C26H34N6O4S/c1-16-15-31(9-10-32(16)24(34)30(3)4)21-12-18(37(35,36)29-25(2)7-8-25)11-20-19(21)5-6-22(27-20)28-23(33)26-13-17(26)14-26/h5-6,11-12,16-17,29H,7-10,13-15H2,1-4H3,(H,27,28,33)/t16-,17?,26?/m0/s1. The van der Waals surface area contributed by atoms with Crippen molar-refractivity contribution in [1.29, 1.82) is 0 Å². The molecule has 0 radical (unpaired) electrons. The third-order valence-electron chi connectivity index (χ3n) is 8.42. The Kier molecular flexibility index (Phi) is 5.30. The first-order valence-electron chi connectivity index (χ1n) is 12.9. The zero-order valence-electron chi connectivity index (χ0n) is 21.7. The van der Waals surface area contributed by atoms with Crippen LogP contribution in [0.4, 0.5) is 16.3 Å². The fourth-order valence-electron chi connectivity index (χ4n) is 5.38. The summed E-state index contributed by atoms with van der Waals surface area (Å²) in [6.45, 7) is 5.56. The first-order chi connectivity index (χ1) is 17.4. The normalized spacial score (nSPS) is 27.5. The zero-order chi connectivity index (χ0) is 26.3. The molecular formula is C26H34N6O4S. The first kappa shape index (κ1) is 24.4. The molecule has 37 heavy (non-hydrogen) atoms. The summed E-state index contributed by atoms with van der Waals surface area (Å²) in [4.78, 5) is 35.6. The van der Waals surface area contributed by atoms with E-state index in [0.717, 1.165) is 36.8 Å². The SMILES string of the molecule is C[C@H]1CN(c2cc(S(=O)(=O)NC3(C)CC3)cc3nc(NC(=O)C45CC4C5)ccc23)CCN1C(=O)N(C)C. The summed E-state index contributed by atoms with van der Waals surface area (Å²) in [5.74, 6) is 0.959. The minimum Gasteiger partial charge on any atom is -0.367 e. The van der Waals surface area contributed by atoms with E-state index < -0.39 is 15.6 Å². The van der Waals surface area contributed by atoms with Crippen LogP contribution < -0.4 is 14.9 Å². The molecule has 3 saturated carbocycles. The van der Waals surface area contributed by atoms with Crippen LogP contribution in [0.15, 0.2) is 29.2 Å². The Morgan fingerprint density at radius 3 is 2.43 bits per heavy atom. The number of piperazine rings is 1. The number of benzene rings is 1. The van der Waals surface area contributed by atoms with Gasteiger partial charge in [-0.15, -0.1) is 0 Å². The predicted molar refractivity (Wildman–Crippen MR) is 141 cm³/mol. The highest BCUT2D eigenvalue weighted by molar-refractivity contribution is 7.89. The van der Waals surface area contributed by atoms with Gasteiger partial charge in [0, 0.05) is 56.4 Å². The number of hydrogen-bond acceptors (Lipinski definition) is 6. The molecule has 1 aliphatic heterocycles. The van der Waals surface area contributed by atoms with Crippen molar-refractivity contribution in [3.63, 3.8) is 0 Å². The van der Waals surface area contributed by atoms with E-state index in [4.69, 9.17) is 0 Å². The lowest BCUT2D eigenvalue weighted by atomic mass is 10.1. The highest BCUT2D eigenvalue weighted by Gasteiger charge is 2.74. The lowest BCUT2D eigenvalue weighted by Gasteiger charge is -2.42. The lowest BCUT2D eigenvalue weighted by Crippen LogP contribution is -2.56. The van der Waals surface area contributed by atoms with Gasteiger partial charge in [-0.05, 0) is 69.7 Å². The second kappa shape index (κ2) is 8.04. The Balaban J connectivity index is 1.36. The molecule has 4 fully saturated rings. The molecule has 10 nitrogen and oxygen atoms in total. The fraction of sp³-hybridized carbons (Fsp3) is 0.577. The van der Waals surface area contributed by atoms with E-state index in [1.54, 1.807) is 37.2 Å². The molecule has 0 bridgehead atoms. The molecule has 0 spiro atoms. The van der Waals surface area contributed by atoms with Crippen LogP contribution in [-0.2, 0) is 14.8 Å². The number of rotatable bonds is 6. The quantitative estimate of drug-likeness (QED) is 0.598. The van der Waals surface area contributed by atoms with Gasteiger partial charge >= 0.3 is 6.03 Å². The fourth-order valence-corrected chi connectivity index (χ4v) is 6.88. The molecule has 198 valence electrons. The third kappa shape index (κ3) is 4.31. The van der Waals surface area contributed by atoms with E-state index >= 15 is 0 Å². The molecule has 3 aliphatic carbocycles. The van der Waals surface area contributed by atoms with Crippen LogP contribution in [-0.4, -0.2) is 80.5 Å². The number of carbonyl (C=O) groups excluding carboxylic acids is 2. The van der Waals surface area contributed by atoms with E-state index in [1.807, 2.05) is 24.8 Å². The van der Waals surface area contributed by atoms with Crippen molar-refractivity contribution in [1.82, 2.24) is 19.5 Å². The van der Waals surface area contributed by atoms with Gasteiger partial charge in [-0.1, -0.05) is 0 Å². The second-order valence-electron chi connectivity index (χ2n) is 11.8. The topological polar surface area (TPSA) is 115 Å². The number of pyridine rings is 1. The number of nitrogens with one attached hydrogen (secondary N) is 2. The summed E-state index contributed by atoms with van der Waals surface area (Å²) in [5.41, 5.74) is 0.679. The molecule has 1 saturated heterocycles. The van der Waals surface area contributed by atoms with Crippen LogP contribution in [0.3, 0.4) is 0 Å². The van der Waals surface area contributed by atoms with Crippen molar-refractivity contribution in [2.24, 2.45) is 11.3 Å². The summed E-state index contributed by atoms with van der Waals surface area (Å²) in [5, 5.41) is 3.75. The molecule has 4 aliphatic rings. The van der Waals surface area contributed by atoms with Gasteiger partial charge in [-0.25, -0.2) is 22.9 Å². The smallest absolute Gasteiger partial charge is 0.319 e. The Hall–Kier alpha value is -2.92. The van der Waals surface area contributed by atoms with Gasteiger partial charge in [0.2, 0.25) is 15.9 Å². The molecule has 1 aromatic heterocycles. The molecule has 1 aromatic carbocycles. The van der Waals surface area contributed by atoms with Gasteiger partial charge in [-0.2, -0.15) is 0 Å². The van der Waals surface area contributed by atoms with E-state index in [0.29, 0.717) is 36.9 Å². The van der Waals surface area contributed by atoms with Crippen molar-refractivity contribution in [2.45, 2.75) is 56.0 Å². The van der Waals surface area contributed by atoms with E-state index in [1.165, 1.54) is 0 Å². The third-order valence-corrected chi connectivity index (χ3v) is 10.0. The lowest BCUT2D eigenvalue weighted by molar-refractivity contribution is -0.119. The van der Waals surface area contributed by atoms with Crippen LogP contribution in [0, 0.1) is 11.3 Å². The monoisotopic (exact) mass is 526 g/mol. The first-order valence-corrected chi connectivity index (χ1v) is 14.4. The molecule has 11 heteroatoms.